The first-order valence-electron chi connectivity index (χ1n) is 13.0. The highest BCUT2D eigenvalue weighted by molar-refractivity contribution is 5.89. The maximum atomic E-state index is 14.1. The Morgan fingerprint density at radius 3 is 2.58 bits per heavy atom. The molecule has 4 aromatic rings. The van der Waals surface area contributed by atoms with E-state index in [9.17, 15) is 26.7 Å². The van der Waals surface area contributed by atoms with E-state index in [1.54, 1.807) is 12.1 Å². The van der Waals surface area contributed by atoms with Crippen LogP contribution in [-0.4, -0.2) is 34.1 Å². The van der Waals surface area contributed by atoms with Gasteiger partial charge in [0.25, 0.3) is 0 Å². The fourth-order valence-corrected chi connectivity index (χ4v) is 4.98. The molecule has 3 heterocycles. The van der Waals surface area contributed by atoms with Crippen LogP contribution in [0, 0.1) is 0 Å². The highest BCUT2D eigenvalue weighted by Crippen LogP contribution is 2.43. The predicted molar refractivity (Wildman–Crippen MR) is 137 cm³/mol. The average molecular weight is 604 g/mol. The van der Waals surface area contributed by atoms with Gasteiger partial charge >= 0.3 is 18.4 Å². The molecular weight excluding hydrogens is 581 g/mol. The standard InChI is InChI=1S/C29H22F5N3O6/c1-39-27(38)17-6-8-19(9-7-17)41-22-4-2-3-20-25(22)37(36-26(20)28(30,31)32)18-11-12-35-24(14-18)40-15-16-5-10-21-23(13-16)43-29(33,34)42-21/h5-14,22H,2-4,15H2,1H3. The van der Waals surface area contributed by atoms with Gasteiger partial charge in [-0.25, -0.2) is 14.5 Å². The molecule has 2 aromatic carbocycles. The molecular formula is C29H22F5N3O6. The number of alkyl halides is 5. The summed E-state index contributed by atoms with van der Waals surface area (Å²) >= 11 is 0. The van der Waals surface area contributed by atoms with Crippen LogP contribution < -0.4 is 18.9 Å². The van der Waals surface area contributed by atoms with E-state index in [4.69, 9.17) is 14.2 Å². The monoisotopic (exact) mass is 603 g/mol. The van der Waals surface area contributed by atoms with Crippen LogP contribution in [0.25, 0.3) is 5.69 Å². The van der Waals surface area contributed by atoms with Crippen LogP contribution in [-0.2, 0) is 23.9 Å². The largest absolute Gasteiger partial charge is 0.586 e. The highest BCUT2D eigenvalue weighted by Gasteiger charge is 2.44. The van der Waals surface area contributed by atoms with Crippen LogP contribution in [0.3, 0.4) is 0 Å². The summed E-state index contributed by atoms with van der Waals surface area (Å²) in [6.45, 7) is -0.100. The van der Waals surface area contributed by atoms with Crippen LogP contribution in [0.15, 0.2) is 60.8 Å². The lowest BCUT2D eigenvalue weighted by Gasteiger charge is -2.26. The van der Waals surface area contributed by atoms with E-state index in [-0.39, 0.29) is 47.4 Å². The molecule has 14 heteroatoms. The lowest BCUT2D eigenvalue weighted by Crippen LogP contribution is -2.25. The van der Waals surface area contributed by atoms with Crippen molar-refractivity contribution in [1.29, 1.82) is 0 Å². The third-order valence-corrected chi connectivity index (χ3v) is 6.86. The predicted octanol–water partition coefficient (Wildman–Crippen LogP) is 6.43. The van der Waals surface area contributed by atoms with Gasteiger partial charge in [-0.05, 0) is 67.3 Å². The normalized spacial score (nSPS) is 16.8. The number of aromatic nitrogens is 3. The molecule has 224 valence electrons. The number of carbonyl (C=O) groups is 1. The topological polar surface area (TPSA) is 93.9 Å². The summed E-state index contributed by atoms with van der Waals surface area (Å²) in [5.74, 6) is -0.386. The Morgan fingerprint density at radius 2 is 1.84 bits per heavy atom. The van der Waals surface area contributed by atoms with Gasteiger partial charge in [-0.1, -0.05) is 6.07 Å². The average Bonchev–Trinajstić information content (AvgIpc) is 3.53. The van der Waals surface area contributed by atoms with Gasteiger partial charge in [0.15, 0.2) is 17.2 Å². The van der Waals surface area contributed by atoms with Crippen molar-refractivity contribution in [2.45, 2.75) is 44.4 Å². The van der Waals surface area contributed by atoms with Crippen molar-refractivity contribution in [1.82, 2.24) is 14.8 Å². The van der Waals surface area contributed by atoms with E-state index < -0.39 is 30.2 Å². The summed E-state index contributed by atoms with van der Waals surface area (Å²) in [5, 5.41) is 3.95. The Kier molecular flexibility index (Phi) is 7.06. The first-order valence-corrected chi connectivity index (χ1v) is 13.0. The zero-order chi connectivity index (χ0) is 30.4. The Balaban J connectivity index is 1.28. The van der Waals surface area contributed by atoms with Gasteiger partial charge < -0.3 is 23.7 Å². The van der Waals surface area contributed by atoms with Gasteiger partial charge in [0, 0.05) is 17.8 Å². The Labute approximate surface area is 240 Å². The summed E-state index contributed by atoms with van der Waals surface area (Å²) in [4.78, 5) is 15.9. The third-order valence-electron chi connectivity index (χ3n) is 6.86. The maximum Gasteiger partial charge on any atom is 0.586 e. The minimum Gasteiger partial charge on any atom is -0.484 e. The van der Waals surface area contributed by atoms with Crippen LogP contribution in [0.4, 0.5) is 22.0 Å². The molecule has 0 saturated carbocycles. The Morgan fingerprint density at radius 1 is 1.07 bits per heavy atom. The number of esters is 1. The van der Waals surface area contributed by atoms with E-state index in [2.05, 4.69) is 19.6 Å². The SMILES string of the molecule is COC(=O)c1ccc(OC2CCCc3c(C(F)(F)F)nn(-c4ccnc(OCc5ccc6c(c5)OC(F)(F)O6)c4)c32)cc1. The fourth-order valence-electron chi connectivity index (χ4n) is 4.98. The number of nitrogens with zero attached hydrogens (tertiary/aromatic N) is 3. The molecule has 0 saturated heterocycles. The molecule has 1 aliphatic heterocycles. The summed E-state index contributed by atoms with van der Waals surface area (Å²) in [6, 6.07) is 13.2. The Hall–Kier alpha value is -4.88. The molecule has 2 aliphatic rings. The second kappa shape index (κ2) is 10.7. The van der Waals surface area contributed by atoms with Crippen molar-refractivity contribution in [2.75, 3.05) is 7.11 Å². The number of benzene rings is 2. The van der Waals surface area contributed by atoms with Crippen molar-refractivity contribution < 1.29 is 50.4 Å². The molecule has 43 heavy (non-hydrogen) atoms. The molecule has 2 aromatic heterocycles. The molecule has 0 fully saturated rings. The molecule has 9 nitrogen and oxygen atoms in total. The van der Waals surface area contributed by atoms with Crippen molar-refractivity contribution in [3.8, 4) is 28.8 Å². The van der Waals surface area contributed by atoms with Crippen molar-refractivity contribution in [2.24, 2.45) is 0 Å². The number of ether oxygens (including phenoxy) is 5. The zero-order valence-electron chi connectivity index (χ0n) is 22.4. The van der Waals surface area contributed by atoms with E-state index in [0.29, 0.717) is 29.7 Å². The Bertz CT molecular complexity index is 1670. The van der Waals surface area contributed by atoms with Crippen LogP contribution >= 0.6 is 0 Å². The van der Waals surface area contributed by atoms with Gasteiger partial charge in [0.05, 0.1) is 24.1 Å². The first kappa shape index (κ1) is 28.2. The van der Waals surface area contributed by atoms with E-state index in [1.807, 2.05) is 0 Å². The lowest BCUT2D eigenvalue weighted by molar-refractivity contribution is -0.286. The van der Waals surface area contributed by atoms with Crippen molar-refractivity contribution in [3.05, 3.63) is 88.9 Å². The summed E-state index contributed by atoms with van der Waals surface area (Å²) in [5.41, 5.74) is 0.282. The minimum absolute atomic E-state index is 0.0337. The third kappa shape index (κ3) is 5.76. The van der Waals surface area contributed by atoms with Crippen LogP contribution in [0.1, 0.15) is 51.8 Å². The van der Waals surface area contributed by atoms with Gasteiger partial charge in [-0.15, -0.1) is 8.78 Å². The molecule has 1 unspecified atom stereocenters. The molecule has 0 bridgehead atoms. The van der Waals surface area contributed by atoms with E-state index in [1.165, 1.54) is 60.5 Å². The second-order valence-electron chi connectivity index (χ2n) is 9.73. The molecule has 6 rings (SSSR count). The molecule has 1 aliphatic carbocycles. The summed E-state index contributed by atoms with van der Waals surface area (Å²) < 4.78 is 95.5. The quantitative estimate of drug-likeness (QED) is 0.176. The van der Waals surface area contributed by atoms with Crippen molar-refractivity contribution in [3.63, 3.8) is 0 Å². The van der Waals surface area contributed by atoms with E-state index >= 15 is 0 Å². The number of halogens is 5. The van der Waals surface area contributed by atoms with Gasteiger partial charge in [0.1, 0.15) is 18.5 Å². The molecule has 1 atom stereocenters. The lowest BCUT2D eigenvalue weighted by atomic mass is 9.93. The number of rotatable bonds is 7. The zero-order valence-corrected chi connectivity index (χ0v) is 22.4. The highest BCUT2D eigenvalue weighted by atomic mass is 19.4. The molecule has 0 spiro atoms. The van der Waals surface area contributed by atoms with Gasteiger partial charge in [0.2, 0.25) is 5.88 Å². The molecule has 0 N–H and O–H groups in total. The number of fused-ring (bicyclic) bond motifs is 2. The summed E-state index contributed by atoms with van der Waals surface area (Å²) in [7, 11) is 1.26. The summed E-state index contributed by atoms with van der Waals surface area (Å²) in [6.07, 6.45) is -6.86. The maximum absolute atomic E-state index is 14.1. The number of hydrogen-bond donors (Lipinski definition) is 0. The number of methoxy groups -OCH3 is 1. The number of pyridine rings is 1. The first-order chi connectivity index (χ1) is 20.5. The van der Waals surface area contributed by atoms with Crippen LogP contribution in [0.5, 0.6) is 23.1 Å². The fraction of sp³-hybridized carbons (Fsp3) is 0.276. The van der Waals surface area contributed by atoms with E-state index in [0.717, 1.165) is 0 Å². The minimum atomic E-state index is -4.71. The van der Waals surface area contributed by atoms with Gasteiger partial charge in [-0.3, -0.25) is 0 Å². The smallest absolute Gasteiger partial charge is 0.484 e. The van der Waals surface area contributed by atoms with Gasteiger partial charge in [-0.2, -0.15) is 18.3 Å². The second-order valence-corrected chi connectivity index (χ2v) is 9.73. The molecule has 0 radical (unpaired) electrons. The number of carbonyl (C=O) groups excluding carboxylic acids is 1. The van der Waals surface area contributed by atoms with Crippen molar-refractivity contribution >= 4 is 5.97 Å². The number of hydrogen-bond acceptors (Lipinski definition) is 8. The molecule has 0 amide bonds. The van der Waals surface area contributed by atoms with Crippen LogP contribution in [0.2, 0.25) is 0 Å².